The summed E-state index contributed by atoms with van der Waals surface area (Å²) in [6.45, 7) is 4.20. The second-order valence-electron chi connectivity index (χ2n) is 4.97. The fourth-order valence-electron chi connectivity index (χ4n) is 2.43. The fourth-order valence-corrected chi connectivity index (χ4v) is 2.43. The van der Waals surface area contributed by atoms with Gasteiger partial charge in [0.2, 0.25) is 5.91 Å². The largest absolute Gasteiger partial charge is 0.395 e. The number of aromatic nitrogens is 1. The molecule has 5 nitrogen and oxygen atoms in total. The first-order valence-corrected chi connectivity index (χ1v) is 6.98. The minimum Gasteiger partial charge on any atom is -0.395 e. The van der Waals surface area contributed by atoms with E-state index >= 15 is 0 Å². The molecule has 5 heteroatoms. The topological polar surface area (TPSA) is 82.3 Å². The molecule has 1 aromatic carbocycles. The minimum absolute atomic E-state index is 0.0839. The van der Waals surface area contributed by atoms with Crippen LogP contribution in [-0.4, -0.2) is 46.6 Å². The molecule has 0 saturated heterocycles. The predicted octanol–water partition coefficient (Wildman–Crippen LogP) is 1.04. The Labute approximate surface area is 124 Å². The van der Waals surface area contributed by atoms with E-state index in [2.05, 4.69) is 11.6 Å². The number of aromatic amines is 1. The molecule has 4 N–H and O–H groups in total. The molecule has 0 aliphatic rings. The number of aliphatic hydroxyl groups excluding tert-OH is 1. The highest BCUT2D eigenvalue weighted by Gasteiger charge is 2.21. The van der Waals surface area contributed by atoms with Gasteiger partial charge in [-0.25, -0.2) is 0 Å². The number of nitrogens with zero attached hydrogens (tertiary/aromatic N) is 1. The number of hydrogen-bond donors (Lipinski definition) is 3. The molecule has 0 spiro atoms. The summed E-state index contributed by atoms with van der Waals surface area (Å²) in [5, 5.41) is 10.1. The number of fused-ring (bicyclic) bond motifs is 1. The molecule has 0 bridgehead atoms. The van der Waals surface area contributed by atoms with Crippen LogP contribution in [0.25, 0.3) is 10.9 Å². The van der Waals surface area contributed by atoms with Crippen LogP contribution in [0.4, 0.5) is 0 Å². The van der Waals surface area contributed by atoms with Crippen LogP contribution in [0.3, 0.4) is 0 Å². The highest BCUT2D eigenvalue weighted by molar-refractivity contribution is 5.86. The number of benzene rings is 1. The van der Waals surface area contributed by atoms with Crippen molar-refractivity contribution >= 4 is 16.8 Å². The molecule has 112 valence electrons. The van der Waals surface area contributed by atoms with E-state index in [9.17, 15) is 4.79 Å². The van der Waals surface area contributed by atoms with Crippen LogP contribution in [0, 0.1) is 0 Å². The van der Waals surface area contributed by atoms with Gasteiger partial charge in [0.25, 0.3) is 0 Å². The molecule has 0 aliphatic heterocycles. The number of nitrogens with one attached hydrogen (secondary N) is 1. The molecule has 0 saturated carbocycles. The standard InChI is InChI=1S/C16H21N3O2/c1-2-7-19(8-9-20)16(21)14(17)10-12-11-18-15-6-4-3-5-13(12)15/h2-6,11,14,18,20H,1,7-10,17H2/t14-/m1/s1. The molecule has 0 fully saturated rings. The third kappa shape index (κ3) is 3.51. The lowest BCUT2D eigenvalue weighted by Crippen LogP contribution is -2.46. The van der Waals surface area contributed by atoms with Crippen LogP contribution in [0.2, 0.25) is 0 Å². The van der Waals surface area contributed by atoms with Gasteiger partial charge in [0, 0.05) is 30.2 Å². The Kier molecular flexibility index (Phi) is 5.14. The lowest BCUT2D eigenvalue weighted by molar-refractivity contribution is -0.132. The van der Waals surface area contributed by atoms with Crippen molar-refractivity contribution in [1.82, 2.24) is 9.88 Å². The number of amides is 1. The highest BCUT2D eigenvalue weighted by atomic mass is 16.3. The van der Waals surface area contributed by atoms with E-state index < -0.39 is 6.04 Å². The number of H-pyrrole nitrogens is 1. The van der Waals surface area contributed by atoms with Gasteiger partial charge < -0.3 is 20.7 Å². The van der Waals surface area contributed by atoms with Gasteiger partial charge in [-0.15, -0.1) is 6.58 Å². The van der Waals surface area contributed by atoms with E-state index in [0.29, 0.717) is 13.0 Å². The molecule has 2 aromatic rings. The number of para-hydroxylation sites is 1. The lowest BCUT2D eigenvalue weighted by atomic mass is 10.0. The van der Waals surface area contributed by atoms with Crippen molar-refractivity contribution in [2.45, 2.75) is 12.5 Å². The quantitative estimate of drug-likeness (QED) is 0.666. The van der Waals surface area contributed by atoms with E-state index in [1.54, 1.807) is 6.08 Å². The average molecular weight is 287 g/mol. The van der Waals surface area contributed by atoms with E-state index in [1.807, 2.05) is 30.5 Å². The van der Waals surface area contributed by atoms with Crippen molar-refractivity contribution in [3.63, 3.8) is 0 Å². The molecule has 2 rings (SSSR count). The van der Waals surface area contributed by atoms with E-state index in [-0.39, 0.29) is 19.1 Å². The number of rotatable bonds is 7. The molecule has 0 unspecified atom stereocenters. The van der Waals surface area contributed by atoms with Gasteiger partial charge in [-0.1, -0.05) is 24.3 Å². The van der Waals surface area contributed by atoms with Gasteiger partial charge in [-0.05, 0) is 18.1 Å². The van der Waals surface area contributed by atoms with Gasteiger partial charge >= 0.3 is 0 Å². The third-order valence-electron chi connectivity index (χ3n) is 3.46. The third-order valence-corrected chi connectivity index (χ3v) is 3.46. The van der Waals surface area contributed by atoms with Crippen LogP contribution < -0.4 is 5.73 Å². The summed E-state index contributed by atoms with van der Waals surface area (Å²) in [6.07, 6.45) is 3.98. The predicted molar refractivity (Wildman–Crippen MR) is 83.8 cm³/mol. The number of nitrogens with two attached hydrogens (primary N) is 1. The lowest BCUT2D eigenvalue weighted by Gasteiger charge is -2.23. The van der Waals surface area contributed by atoms with Gasteiger partial charge in [0.1, 0.15) is 0 Å². The Morgan fingerprint density at radius 1 is 1.48 bits per heavy atom. The number of carbonyl (C=O) groups excluding carboxylic acids is 1. The smallest absolute Gasteiger partial charge is 0.240 e. The van der Waals surface area contributed by atoms with Gasteiger partial charge in [-0.3, -0.25) is 4.79 Å². The minimum atomic E-state index is -0.629. The summed E-state index contributed by atoms with van der Waals surface area (Å²) >= 11 is 0. The van der Waals surface area contributed by atoms with E-state index in [4.69, 9.17) is 10.8 Å². The monoisotopic (exact) mass is 287 g/mol. The summed E-state index contributed by atoms with van der Waals surface area (Å²) < 4.78 is 0. The SMILES string of the molecule is C=CCN(CCO)C(=O)[C@H](N)Cc1c[nH]c2ccccc12. The van der Waals surface area contributed by atoms with Crippen LogP contribution in [0.15, 0.2) is 43.1 Å². The Hall–Kier alpha value is -2.11. The molecule has 0 aliphatic carbocycles. The molecular weight excluding hydrogens is 266 g/mol. The normalized spacial score (nSPS) is 12.3. The van der Waals surface area contributed by atoms with Crippen molar-refractivity contribution in [3.8, 4) is 0 Å². The Morgan fingerprint density at radius 3 is 2.95 bits per heavy atom. The number of carbonyl (C=O) groups is 1. The zero-order valence-electron chi connectivity index (χ0n) is 12.0. The summed E-state index contributed by atoms with van der Waals surface area (Å²) in [4.78, 5) is 17.0. The number of hydrogen-bond acceptors (Lipinski definition) is 3. The zero-order chi connectivity index (χ0) is 15.2. The van der Waals surface area contributed by atoms with Crippen molar-refractivity contribution in [1.29, 1.82) is 0 Å². The van der Waals surface area contributed by atoms with Crippen molar-refractivity contribution < 1.29 is 9.90 Å². The van der Waals surface area contributed by atoms with Crippen molar-refractivity contribution in [2.75, 3.05) is 19.7 Å². The van der Waals surface area contributed by atoms with Crippen LogP contribution in [0.1, 0.15) is 5.56 Å². The Bertz CT molecular complexity index is 621. The molecule has 1 atom stereocenters. The molecule has 1 heterocycles. The van der Waals surface area contributed by atoms with E-state index in [1.165, 1.54) is 4.90 Å². The molecule has 0 radical (unpaired) electrons. The van der Waals surface area contributed by atoms with Crippen molar-refractivity contribution in [2.24, 2.45) is 5.73 Å². The fraction of sp³-hybridized carbons (Fsp3) is 0.312. The molecule has 1 amide bonds. The van der Waals surface area contributed by atoms with Gasteiger partial charge in [-0.2, -0.15) is 0 Å². The maximum absolute atomic E-state index is 12.3. The Balaban J connectivity index is 2.11. The summed E-state index contributed by atoms with van der Waals surface area (Å²) in [5.41, 5.74) is 8.09. The van der Waals surface area contributed by atoms with E-state index in [0.717, 1.165) is 16.5 Å². The van der Waals surface area contributed by atoms with Crippen LogP contribution in [0.5, 0.6) is 0 Å². The number of aliphatic hydroxyl groups is 1. The van der Waals surface area contributed by atoms with Crippen LogP contribution in [-0.2, 0) is 11.2 Å². The summed E-state index contributed by atoms with van der Waals surface area (Å²) in [5.74, 6) is -0.172. The maximum atomic E-state index is 12.3. The first kappa shape index (κ1) is 15.3. The second kappa shape index (κ2) is 7.06. The maximum Gasteiger partial charge on any atom is 0.240 e. The molecular formula is C16H21N3O2. The van der Waals surface area contributed by atoms with Crippen molar-refractivity contribution in [3.05, 3.63) is 48.7 Å². The van der Waals surface area contributed by atoms with Gasteiger partial charge in [0.05, 0.1) is 12.6 Å². The van der Waals surface area contributed by atoms with Gasteiger partial charge in [0.15, 0.2) is 0 Å². The first-order valence-electron chi connectivity index (χ1n) is 6.98. The zero-order valence-corrected chi connectivity index (χ0v) is 12.0. The second-order valence-corrected chi connectivity index (χ2v) is 4.97. The molecule has 1 aromatic heterocycles. The summed E-state index contributed by atoms with van der Waals surface area (Å²) in [6, 6.07) is 7.29. The highest BCUT2D eigenvalue weighted by Crippen LogP contribution is 2.19. The summed E-state index contributed by atoms with van der Waals surface area (Å²) in [7, 11) is 0. The average Bonchev–Trinajstić information content (AvgIpc) is 2.89. The Morgan fingerprint density at radius 2 is 2.24 bits per heavy atom. The molecule has 21 heavy (non-hydrogen) atoms. The first-order chi connectivity index (χ1) is 10.2. The van der Waals surface area contributed by atoms with Crippen LogP contribution >= 0.6 is 0 Å².